The molecule has 0 aromatic rings. The van der Waals surface area contributed by atoms with Gasteiger partial charge in [-0.05, 0) is 55.9 Å². The van der Waals surface area contributed by atoms with E-state index in [1.807, 2.05) is 13.8 Å². The SMILES string of the molecule is CC1=CC(=O)C(OC(C)(C)C(C/C=C\C[Si](C)(C)C)O[Si](C(C)C)(C(C)C)C(C)C)=CC1=O. The standard InChI is InChI=1S/C27H48O4Si2/c1-19(2)33(20(3)4,21(5)6)31-26(15-13-14-16-32(10,11)12)27(8,9)30-25-18-23(28)22(7)17-24(25)29/h13-14,17-21,26H,15-16H2,1-12H3/b14-13-. The largest absolute Gasteiger partial charge is 0.481 e. The van der Waals surface area contributed by atoms with E-state index in [0.29, 0.717) is 28.6 Å². The van der Waals surface area contributed by atoms with Gasteiger partial charge in [0.05, 0.1) is 6.10 Å². The first-order valence-electron chi connectivity index (χ1n) is 12.4. The molecule has 33 heavy (non-hydrogen) atoms. The summed E-state index contributed by atoms with van der Waals surface area (Å²) >= 11 is 0. The maximum absolute atomic E-state index is 12.6. The van der Waals surface area contributed by atoms with Crippen LogP contribution in [0.25, 0.3) is 0 Å². The predicted octanol–water partition coefficient (Wildman–Crippen LogP) is 7.61. The van der Waals surface area contributed by atoms with Gasteiger partial charge in [-0.1, -0.05) is 73.3 Å². The highest BCUT2D eigenvalue weighted by molar-refractivity contribution is 6.77. The van der Waals surface area contributed by atoms with E-state index in [9.17, 15) is 9.59 Å². The van der Waals surface area contributed by atoms with Crippen LogP contribution in [0, 0.1) is 0 Å². The summed E-state index contributed by atoms with van der Waals surface area (Å²) in [5.74, 6) is -0.322. The van der Waals surface area contributed by atoms with Gasteiger partial charge in [-0.25, -0.2) is 0 Å². The van der Waals surface area contributed by atoms with E-state index in [0.717, 1.165) is 6.04 Å². The molecular weight excluding hydrogens is 444 g/mol. The van der Waals surface area contributed by atoms with Crippen LogP contribution in [-0.4, -0.2) is 39.7 Å². The summed E-state index contributed by atoms with van der Waals surface area (Å²) in [7, 11) is -3.37. The fourth-order valence-electron chi connectivity index (χ4n) is 4.86. The molecule has 4 nitrogen and oxygen atoms in total. The van der Waals surface area contributed by atoms with E-state index >= 15 is 0 Å². The van der Waals surface area contributed by atoms with Crippen LogP contribution in [0.5, 0.6) is 0 Å². The molecule has 0 saturated heterocycles. The molecule has 0 aliphatic heterocycles. The number of ether oxygens (including phenoxy) is 1. The van der Waals surface area contributed by atoms with E-state index in [2.05, 4.69) is 73.3 Å². The van der Waals surface area contributed by atoms with Crippen molar-refractivity contribution in [3.63, 3.8) is 0 Å². The van der Waals surface area contributed by atoms with Crippen LogP contribution in [0.15, 0.2) is 35.6 Å². The van der Waals surface area contributed by atoms with E-state index in [-0.39, 0.29) is 23.4 Å². The Balaban J connectivity index is 3.34. The highest BCUT2D eigenvalue weighted by Crippen LogP contribution is 2.45. The van der Waals surface area contributed by atoms with Crippen molar-refractivity contribution in [1.29, 1.82) is 0 Å². The molecule has 0 aromatic heterocycles. The van der Waals surface area contributed by atoms with Gasteiger partial charge in [0.15, 0.2) is 11.5 Å². The fraction of sp³-hybridized carbons (Fsp3) is 0.704. The van der Waals surface area contributed by atoms with Gasteiger partial charge in [0.1, 0.15) is 5.60 Å². The average molecular weight is 493 g/mol. The van der Waals surface area contributed by atoms with Gasteiger partial charge in [-0.15, -0.1) is 0 Å². The molecule has 0 amide bonds. The van der Waals surface area contributed by atoms with Crippen LogP contribution in [0.4, 0.5) is 0 Å². The third kappa shape index (κ3) is 7.89. The molecule has 1 aliphatic carbocycles. The average Bonchev–Trinajstić information content (AvgIpc) is 2.63. The van der Waals surface area contributed by atoms with Crippen molar-refractivity contribution in [2.45, 2.75) is 123 Å². The fourth-order valence-corrected chi connectivity index (χ4v) is 11.4. The first-order valence-corrected chi connectivity index (χ1v) is 18.3. The van der Waals surface area contributed by atoms with Crippen LogP contribution in [0.2, 0.25) is 42.3 Å². The van der Waals surface area contributed by atoms with Crippen LogP contribution < -0.4 is 0 Å². The highest BCUT2D eigenvalue weighted by atomic mass is 28.4. The lowest BCUT2D eigenvalue weighted by Gasteiger charge is -2.48. The zero-order valence-corrected chi connectivity index (χ0v) is 25.2. The molecule has 1 rings (SSSR count). The zero-order chi connectivity index (χ0) is 25.8. The smallest absolute Gasteiger partial charge is 0.220 e. The maximum Gasteiger partial charge on any atom is 0.220 e. The van der Waals surface area contributed by atoms with Gasteiger partial charge >= 0.3 is 0 Å². The molecule has 0 spiro atoms. The normalized spacial score (nSPS) is 17.3. The molecule has 0 radical (unpaired) electrons. The Morgan fingerprint density at radius 1 is 0.879 bits per heavy atom. The number of carbonyl (C=O) groups is 2. The van der Waals surface area contributed by atoms with Crippen molar-refractivity contribution >= 4 is 28.0 Å². The van der Waals surface area contributed by atoms with Gasteiger partial charge in [0.25, 0.3) is 0 Å². The summed E-state index contributed by atoms with van der Waals surface area (Å²) in [5, 5.41) is 0. The van der Waals surface area contributed by atoms with Gasteiger partial charge in [-0.3, -0.25) is 9.59 Å². The Bertz CT molecular complexity index is 774. The maximum atomic E-state index is 12.6. The lowest BCUT2D eigenvalue weighted by atomic mass is 9.97. The lowest BCUT2D eigenvalue weighted by Crippen LogP contribution is -2.55. The third-order valence-corrected chi connectivity index (χ3v) is 14.3. The summed E-state index contributed by atoms with van der Waals surface area (Å²) in [6.07, 6.45) is 7.68. The van der Waals surface area contributed by atoms with Gasteiger partial charge < -0.3 is 9.16 Å². The minimum absolute atomic E-state index is 0.112. The Labute approximate surface area is 205 Å². The summed E-state index contributed by atoms with van der Waals surface area (Å²) in [5.41, 5.74) is 0.970. The zero-order valence-electron chi connectivity index (χ0n) is 23.2. The van der Waals surface area contributed by atoms with Crippen molar-refractivity contribution in [3.05, 3.63) is 35.6 Å². The quantitative estimate of drug-likeness (QED) is 0.160. The van der Waals surface area contributed by atoms with Crippen LogP contribution >= 0.6 is 0 Å². The number of allylic oxidation sites excluding steroid dienone is 4. The molecule has 0 heterocycles. The first-order chi connectivity index (χ1) is 14.9. The summed E-state index contributed by atoms with van der Waals surface area (Å²) in [4.78, 5) is 24.8. The summed E-state index contributed by atoms with van der Waals surface area (Å²) < 4.78 is 13.5. The van der Waals surface area contributed by atoms with Gasteiger partial charge in [0.2, 0.25) is 14.1 Å². The van der Waals surface area contributed by atoms with Gasteiger partial charge in [-0.2, -0.15) is 0 Å². The monoisotopic (exact) mass is 492 g/mol. The van der Waals surface area contributed by atoms with Crippen molar-refractivity contribution in [1.82, 2.24) is 0 Å². The molecule has 188 valence electrons. The molecule has 0 saturated carbocycles. The van der Waals surface area contributed by atoms with E-state index in [4.69, 9.17) is 9.16 Å². The second-order valence-corrected chi connectivity index (χ2v) is 23.1. The number of hydrogen-bond donors (Lipinski definition) is 0. The van der Waals surface area contributed by atoms with E-state index in [1.165, 1.54) is 12.2 Å². The van der Waals surface area contributed by atoms with Crippen molar-refractivity contribution in [2.24, 2.45) is 0 Å². The number of carbonyl (C=O) groups excluding carboxylic acids is 2. The van der Waals surface area contributed by atoms with Crippen LogP contribution in [0.3, 0.4) is 0 Å². The first kappa shape index (κ1) is 29.8. The minimum Gasteiger partial charge on any atom is -0.481 e. The topological polar surface area (TPSA) is 52.6 Å². The summed E-state index contributed by atoms with van der Waals surface area (Å²) in [6.45, 7) is 26.4. The Morgan fingerprint density at radius 2 is 1.39 bits per heavy atom. The molecule has 0 aromatic carbocycles. The molecule has 1 unspecified atom stereocenters. The van der Waals surface area contributed by atoms with Crippen molar-refractivity contribution in [3.8, 4) is 0 Å². The molecule has 0 fully saturated rings. The molecule has 0 N–H and O–H groups in total. The third-order valence-electron chi connectivity index (χ3n) is 6.69. The van der Waals surface area contributed by atoms with Crippen molar-refractivity contribution < 1.29 is 18.8 Å². The molecule has 6 heteroatoms. The molecule has 1 atom stereocenters. The minimum atomic E-state index is -2.19. The van der Waals surface area contributed by atoms with E-state index < -0.39 is 22.0 Å². The highest BCUT2D eigenvalue weighted by Gasteiger charge is 2.49. The summed E-state index contributed by atoms with van der Waals surface area (Å²) in [6, 6.07) is 1.12. The van der Waals surface area contributed by atoms with Crippen LogP contribution in [0.1, 0.15) is 68.7 Å². The van der Waals surface area contributed by atoms with Crippen molar-refractivity contribution in [2.75, 3.05) is 0 Å². The number of hydrogen-bond acceptors (Lipinski definition) is 4. The lowest BCUT2D eigenvalue weighted by molar-refractivity contribution is -0.123. The number of ketones is 2. The van der Waals surface area contributed by atoms with Gasteiger partial charge in [0, 0.05) is 19.7 Å². The van der Waals surface area contributed by atoms with Crippen LogP contribution in [-0.2, 0) is 18.8 Å². The Morgan fingerprint density at radius 3 is 1.85 bits per heavy atom. The molecule has 1 aliphatic rings. The van der Waals surface area contributed by atoms with E-state index in [1.54, 1.807) is 6.92 Å². The number of rotatable bonds is 12. The Hall–Kier alpha value is -1.25. The second-order valence-electron chi connectivity index (χ2n) is 12.2. The Kier molecular flexibility index (Phi) is 10.3. The molecular formula is C27H48O4Si2. The molecule has 0 bridgehead atoms. The predicted molar refractivity (Wildman–Crippen MR) is 145 cm³/mol. The second kappa shape index (κ2) is 11.5.